The maximum absolute atomic E-state index is 10.7. The fourth-order valence-corrected chi connectivity index (χ4v) is 3.06. The molecule has 1 aliphatic rings. The number of carboxylic acid groups (broad SMARTS) is 2. The molecule has 1 heterocycles. The van der Waals surface area contributed by atoms with E-state index >= 15 is 0 Å². The average Bonchev–Trinajstić information content (AvgIpc) is 2.72. The summed E-state index contributed by atoms with van der Waals surface area (Å²) < 4.78 is 0. The van der Waals surface area contributed by atoms with Gasteiger partial charge in [-0.25, -0.2) is 9.59 Å². The van der Waals surface area contributed by atoms with Crippen LogP contribution in [0.4, 0.5) is 5.69 Å². The zero-order valence-corrected chi connectivity index (χ0v) is 16.9. The second kappa shape index (κ2) is 11.2. The predicted octanol–water partition coefficient (Wildman–Crippen LogP) is 2.72. The first kappa shape index (κ1) is 23.3. The Balaban J connectivity index is 0.000000469. The molecule has 2 aromatic rings. The molecular weight excluding hydrogens is 414 g/mol. The van der Waals surface area contributed by atoms with E-state index in [1.165, 1.54) is 5.56 Å². The van der Waals surface area contributed by atoms with Crippen molar-refractivity contribution in [2.75, 3.05) is 26.2 Å². The summed E-state index contributed by atoms with van der Waals surface area (Å²) in [5.41, 5.74) is 2.54. The van der Waals surface area contributed by atoms with Gasteiger partial charge in [-0.3, -0.25) is 19.9 Å². The maximum Gasteiger partial charge on any atom is 0.414 e. The van der Waals surface area contributed by atoms with Crippen molar-refractivity contribution in [2.24, 2.45) is 0 Å². The van der Waals surface area contributed by atoms with Gasteiger partial charge in [0.1, 0.15) is 0 Å². The second-order valence-electron chi connectivity index (χ2n) is 6.71. The van der Waals surface area contributed by atoms with Crippen LogP contribution < -0.4 is 0 Å². The summed E-state index contributed by atoms with van der Waals surface area (Å²) in [6.07, 6.45) is 0. The smallest absolute Gasteiger partial charge is 0.414 e. The van der Waals surface area contributed by atoms with E-state index in [0.29, 0.717) is 0 Å². The minimum atomic E-state index is -1.82. The standard InChI is InChI=1S/C18H20ClN3O2.C2H2O4/c19-17-5-1-15(2-6-17)13-20-9-11-21(12-10-20)14-16-3-7-18(8-4-16)22(23)24;3-1(4)2(5)6/h1-8H,9-14H2;(H,3,4)(H,5,6). The molecule has 0 aromatic heterocycles. The van der Waals surface area contributed by atoms with E-state index < -0.39 is 11.9 Å². The lowest BCUT2D eigenvalue weighted by Gasteiger charge is -2.34. The molecule has 1 fully saturated rings. The van der Waals surface area contributed by atoms with Gasteiger partial charge in [0, 0.05) is 56.4 Å². The van der Waals surface area contributed by atoms with Crippen molar-refractivity contribution in [3.8, 4) is 0 Å². The number of nitro benzene ring substituents is 1. The number of nitro groups is 1. The molecule has 0 unspecified atom stereocenters. The summed E-state index contributed by atoms with van der Waals surface area (Å²) in [5.74, 6) is -3.65. The second-order valence-corrected chi connectivity index (χ2v) is 7.15. The molecule has 0 spiro atoms. The van der Waals surface area contributed by atoms with Gasteiger partial charge in [0.05, 0.1) is 4.92 Å². The molecule has 30 heavy (non-hydrogen) atoms. The van der Waals surface area contributed by atoms with Crippen molar-refractivity contribution in [3.63, 3.8) is 0 Å². The summed E-state index contributed by atoms with van der Waals surface area (Å²) >= 11 is 5.92. The quantitative estimate of drug-likeness (QED) is 0.417. The van der Waals surface area contributed by atoms with Crippen molar-refractivity contribution in [2.45, 2.75) is 13.1 Å². The number of carbonyl (C=O) groups is 2. The molecule has 1 saturated heterocycles. The number of aliphatic carboxylic acids is 2. The number of benzene rings is 2. The van der Waals surface area contributed by atoms with E-state index in [4.69, 9.17) is 31.4 Å². The lowest BCUT2D eigenvalue weighted by atomic mass is 10.1. The molecule has 0 amide bonds. The molecule has 1 aliphatic heterocycles. The predicted molar refractivity (Wildman–Crippen MR) is 110 cm³/mol. The highest BCUT2D eigenvalue weighted by Gasteiger charge is 2.17. The van der Waals surface area contributed by atoms with Gasteiger partial charge in [-0.15, -0.1) is 0 Å². The Kier molecular flexibility index (Phi) is 8.72. The Labute approximate surface area is 178 Å². The molecule has 0 radical (unpaired) electrons. The van der Waals surface area contributed by atoms with E-state index in [2.05, 4.69) is 21.9 Å². The minimum absolute atomic E-state index is 0.145. The molecule has 9 nitrogen and oxygen atoms in total. The van der Waals surface area contributed by atoms with E-state index in [1.54, 1.807) is 12.1 Å². The summed E-state index contributed by atoms with van der Waals surface area (Å²) in [4.78, 5) is 33.4. The van der Waals surface area contributed by atoms with Crippen molar-refractivity contribution in [3.05, 3.63) is 74.8 Å². The molecule has 10 heteroatoms. The minimum Gasteiger partial charge on any atom is -0.473 e. The molecule has 2 N–H and O–H groups in total. The summed E-state index contributed by atoms with van der Waals surface area (Å²) in [6, 6.07) is 14.9. The fraction of sp³-hybridized carbons (Fsp3) is 0.300. The SMILES string of the molecule is O=C(O)C(=O)O.O=[N+]([O-])c1ccc(CN2CCN(Cc3ccc(Cl)cc3)CC2)cc1. The number of hydrogen-bond donors (Lipinski definition) is 2. The van der Waals surface area contributed by atoms with Crippen molar-refractivity contribution in [1.29, 1.82) is 0 Å². The zero-order chi connectivity index (χ0) is 22.1. The third-order valence-corrected chi connectivity index (χ3v) is 4.77. The number of piperazine rings is 1. The summed E-state index contributed by atoms with van der Waals surface area (Å²) in [7, 11) is 0. The summed E-state index contributed by atoms with van der Waals surface area (Å²) in [6.45, 7) is 5.84. The molecule has 0 saturated carbocycles. The zero-order valence-electron chi connectivity index (χ0n) is 16.1. The first-order chi connectivity index (χ1) is 14.2. The van der Waals surface area contributed by atoms with Gasteiger partial charge >= 0.3 is 11.9 Å². The number of rotatable bonds is 5. The maximum atomic E-state index is 10.7. The van der Waals surface area contributed by atoms with Crippen LogP contribution >= 0.6 is 11.6 Å². The van der Waals surface area contributed by atoms with Gasteiger partial charge in [0.2, 0.25) is 0 Å². The monoisotopic (exact) mass is 435 g/mol. The van der Waals surface area contributed by atoms with Crippen LogP contribution in [0, 0.1) is 10.1 Å². The molecule has 0 aliphatic carbocycles. The van der Waals surface area contributed by atoms with Crippen molar-refractivity contribution in [1.82, 2.24) is 9.80 Å². The third-order valence-electron chi connectivity index (χ3n) is 4.52. The molecule has 0 atom stereocenters. The van der Waals surface area contributed by atoms with Crippen LogP contribution in [0.5, 0.6) is 0 Å². The van der Waals surface area contributed by atoms with Gasteiger partial charge < -0.3 is 10.2 Å². The molecular formula is C20H22ClN3O6. The topological polar surface area (TPSA) is 124 Å². The fourth-order valence-electron chi connectivity index (χ4n) is 2.93. The van der Waals surface area contributed by atoms with Crippen LogP contribution in [-0.2, 0) is 22.7 Å². The number of non-ortho nitro benzene ring substituents is 1. The average molecular weight is 436 g/mol. The first-order valence-electron chi connectivity index (χ1n) is 9.13. The van der Waals surface area contributed by atoms with Gasteiger partial charge in [-0.1, -0.05) is 35.9 Å². The Morgan fingerprint density at radius 1 is 0.833 bits per heavy atom. The Hall–Kier alpha value is -3.01. The van der Waals surface area contributed by atoms with E-state index in [1.807, 2.05) is 24.3 Å². The van der Waals surface area contributed by atoms with Crippen LogP contribution in [0.15, 0.2) is 48.5 Å². The third kappa shape index (κ3) is 7.78. The number of hydrogen-bond acceptors (Lipinski definition) is 6. The van der Waals surface area contributed by atoms with Crippen LogP contribution in [-0.4, -0.2) is 63.1 Å². The highest BCUT2D eigenvalue weighted by atomic mass is 35.5. The number of carboxylic acids is 2. The number of halogens is 1. The first-order valence-corrected chi connectivity index (χ1v) is 9.51. The van der Waals surface area contributed by atoms with Crippen LogP contribution in [0.1, 0.15) is 11.1 Å². The Morgan fingerprint density at radius 2 is 1.20 bits per heavy atom. The van der Waals surface area contributed by atoms with Gasteiger partial charge in [0.15, 0.2) is 0 Å². The van der Waals surface area contributed by atoms with E-state index in [0.717, 1.165) is 49.9 Å². The lowest BCUT2D eigenvalue weighted by Crippen LogP contribution is -2.45. The van der Waals surface area contributed by atoms with Crippen LogP contribution in [0.25, 0.3) is 0 Å². The number of nitrogens with zero attached hydrogens (tertiary/aromatic N) is 3. The van der Waals surface area contributed by atoms with Gasteiger partial charge in [-0.2, -0.15) is 0 Å². The van der Waals surface area contributed by atoms with Crippen LogP contribution in [0.2, 0.25) is 5.02 Å². The summed E-state index contributed by atoms with van der Waals surface area (Å²) in [5, 5.41) is 26.2. The molecule has 2 aromatic carbocycles. The van der Waals surface area contributed by atoms with Gasteiger partial charge in [0.25, 0.3) is 5.69 Å². The Bertz CT molecular complexity index is 853. The van der Waals surface area contributed by atoms with E-state index in [-0.39, 0.29) is 10.6 Å². The molecule has 3 rings (SSSR count). The van der Waals surface area contributed by atoms with Gasteiger partial charge in [-0.05, 0) is 23.3 Å². The highest BCUT2D eigenvalue weighted by molar-refractivity contribution is 6.30. The van der Waals surface area contributed by atoms with Crippen molar-refractivity contribution < 1.29 is 24.7 Å². The largest absolute Gasteiger partial charge is 0.473 e. The van der Waals surface area contributed by atoms with E-state index in [9.17, 15) is 10.1 Å². The molecule has 0 bridgehead atoms. The Morgan fingerprint density at radius 3 is 1.53 bits per heavy atom. The lowest BCUT2D eigenvalue weighted by molar-refractivity contribution is -0.384. The van der Waals surface area contributed by atoms with Crippen LogP contribution in [0.3, 0.4) is 0 Å². The molecule has 160 valence electrons. The highest BCUT2D eigenvalue weighted by Crippen LogP contribution is 2.16. The van der Waals surface area contributed by atoms with Crippen molar-refractivity contribution >= 4 is 29.2 Å². The normalized spacial score (nSPS) is 14.4.